The quantitative estimate of drug-likeness (QED) is 0.760. The Balaban J connectivity index is 1.97. The van der Waals surface area contributed by atoms with E-state index < -0.39 is 5.97 Å². The van der Waals surface area contributed by atoms with Crippen molar-refractivity contribution < 1.29 is 19.4 Å². The van der Waals surface area contributed by atoms with Crippen molar-refractivity contribution in [1.29, 1.82) is 0 Å². The Bertz CT molecular complexity index is 346. The zero-order valence-electron chi connectivity index (χ0n) is 9.72. The molecule has 0 aromatic heterocycles. The molecule has 2 rings (SSSR count). The monoisotopic (exact) mass is 239 g/mol. The number of aliphatic carboxylic acids is 1. The van der Waals surface area contributed by atoms with Crippen molar-refractivity contribution in [3.05, 3.63) is 12.7 Å². The minimum Gasteiger partial charge on any atom is -0.481 e. The second kappa shape index (κ2) is 4.39. The summed E-state index contributed by atoms with van der Waals surface area (Å²) in [5.41, 5.74) is -0.249. The number of hydrogen-bond acceptors (Lipinski definition) is 3. The smallest absolute Gasteiger partial charge is 0.410 e. The second-order valence-corrected chi connectivity index (χ2v) is 4.79. The van der Waals surface area contributed by atoms with Gasteiger partial charge in [-0.05, 0) is 25.7 Å². The molecular formula is C12H17NO4. The van der Waals surface area contributed by atoms with E-state index in [1.165, 1.54) is 6.08 Å². The van der Waals surface area contributed by atoms with E-state index in [9.17, 15) is 9.59 Å². The molecule has 0 unspecified atom stereocenters. The van der Waals surface area contributed by atoms with E-state index in [0.29, 0.717) is 19.4 Å². The fourth-order valence-corrected chi connectivity index (χ4v) is 2.89. The molecule has 1 amide bonds. The van der Waals surface area contributed by atoms with Gasteiger partial charge in [0, 0.05) is 12.1 Å². The van der Waals surface area contributed by atoms with Gasteiger partial charge in [0.2, 0.25) is 0 Å². The normalized spacial score (nSPS) is 31.1. The van der Waals surface area contributed by atoms with Gasteiger partial charge in [-0.25, -0.2) is 4.79 Å². The zero-order chi connectivity index (χ0) is 12.5. The van der Waals surface area contributed by atoms with Gasteiger partial charge in [-0.3, -0.25) is 4.79 Å². The molecule has 1 spiro atoms. The van der Waals surface area contributed by atoms with E-state index in [2.05, 4.69) is 6.58 Å². The first-order valence-electron chi connectivity index (χ1n) is 5.87. The molecular weight excluding hydrogens is 222 g/mol. The van der Waals surface area contributed by atoms with Crippen LogP contribution in [0.4, 0.5) is 4.79 Å². The first kappa shape index (κ1) is 12.0. The number of hydrogen-bond donors (Lipinski definition) is 1. The summed E-state index contributed by atoms with van der Waals surface area (Å²) in [5, 5.41) is 8.90. The number of rotatable bonds is 3. The van der Waals surface area contributed by atoms with Gasteiger partial charge in [-0.2, -0.15) is 0 Å². The molecule has 2 aliphatic rings. The molecule has 0 bridgehead atoms. The lowest BCUT2D eigenvalue weighted by atomic mass is 9.67. The summed E-state index contributed by atoms with van der Waals surface area (Å²) in [5.74, 6) is -1.07. The molecule has 1 saturated carbocycles. The van der Waals surface area contributed by atoms with Crippen molar-refractivity contribution in [3.8, 4) is 0 Å². The Hall–Kier alpha value is -1.52. The maximum Gasteiger partial charge on any atom is 0.410 e. The summed E-state index contributed by atoms with van der Waals surface area (Å²) in [6.07, 6.45) is 4.12. The minimum atomic E-state index is -0.762. The summed E-state index contributed by atoms with van der Waals surface area (Å²) in [7, 11) is 0. The number of amides is 1. The molecule has 0 aromatic rings. The molecule has 1 aliphatic carbocycles. The van der Waals surface area contributed by atoms with Gasteiger partial charge in [-0.1, -0.05) is 12.7 Å². The summed E-state index contributed by atoms with van der Waals surface area (Å²) < 4.78 is 5.02. The highest BCUT2D eigenvalue weighted by molar-refractivity contribution is 5.74. The third-order valence-electron chi connectivity index (χ3n) is 3.74. The molecule has 0 radical (unpaired) electrons. The van der Waals surface area contributed by atoms with E-state index in [-0.39, 0.29) is 24.2 Å². The number of carbonyl (C=O) groups excluding carboxylic acids is 1. The highest BCUT2D eigenvalue weighted by atomic mass is 16.6. The van der Waals surface area contributed by atoms with Crippen LogP contribution in [-0.2, 0) is 9.53 Å². The summed E-state index contributed by atoms with van der Waals surface area (Å²) in [6, 6.07) is 0. The zero-order valence-corrected chi connectivity index (χ0v) is 9.72. The number of carboxylic acid groups (broad SMARTS) is 1. The van der Waals surface area contributed by atoms with E-state index in [4.69, 9.17) is 9.84 Å². The Labute approximate surface area is 100 Å². The molecule has 2 fully saturated rings. The van der Waals surface area contributed by atoms with Crippen LogP contribution in [0.25, 0.3) is 0 Å². The van der Waals surface area contributed by atoms with Gasteiger partial charge in [0.15, 0.2) is 0 Å². The van der Waals surface area contributed by atoms with Crippen LogP contribution < -0.4 is 0 Å². The summed E-state index contributed by atoms with van der Waals surface area (Å²) >= 11 is 0. The predicted octanol–water partition coefficient (Wildman–Crippen LogP) is 1.64. The average molecular weight is 239 g/mol. The first-order valence-corrected chi connectivity index (χ1v) is 5.87. The molecule has 0 atom stereocenters. The largest absolute Gasteiger partial charge is 0.481 e. The van der Waals surface area contributed by atoms with Crippen molar-refractivity contribution in [2.24, 2.45) is 5.92 Å². The van der Waals surface area contributed by atoms with E-state index >= 15 is 0 Å². The lowest BCUT2D eigenvalue weighted by Gasteiger charge is -2.48. The first-order chi connectivity index (χ1) is 8.09. The SMILES string of the molecule is C=CCOC(=O)N1CCCC12CC(C(=O)O)C2. The van der Waals surface area contributed by atoms with Crippen LogP contribution in [0.3, 0.4) is 0 Å². The number of nitrogens with zero attached hydrogens (tertiary/aromatic N) is 1. The third kappa shape index (κ3) is 2.01. The summed E-state index contributed by atoms with van der Waals surface area (Å²) in [4.78, 5) is 24.3. The lowest BCUT2D eigenvalue weighted by molar-refractivity contribution is -0.150. The van der Waals surface area contributed by atoms with Crippen molar-refractivity contribution in [3.63, 3.8) is 0 Å². The Morgan fingerprint density at radius 3 is 2.82 bits per heavy atom. The molecule has 0 aromatic carbocycles. The number of likely N-dealkylation sites (tertiary alicyclic amines) is 1. The topological polar surface area (TPSA) is 66.8 Å². The van der Waals surface area contributed by atoms with E-state index in [1.807, 2.05) is 0 Å². The molecule has 94 valence electrons. The highest BCUT2D eigenvalue weighted by Crippen LogP contribution is 2.49. The lowest BCUT2D eigenvalue weighted by Crippen LogP contribution is -2.57. The fraction of sp³-hybridized carbons (Fsp3) is 0.667. The minimum absolute atomic E-state index is 0.202. The van der Waals surface area contributed by atoms with Crippen LogP contribution in [0.2, 0.25) is 0 Å². The molecule has 1 saturated heterocycles. The average Bonchev–Trinajstić information content (AvgIpc) is 2.67. The van der Waals surface area contributed by atoms with Crippen molar-refractivity contribution >= 4 is 12.1 Å². The highest BCUT2D eigenvalue weighted by Gasteiger charge is 2.55. The van der Waals surface area contributed by atoms with Gasteiger partial charge in [0.05, 0.1) is 5.92 Å². The molecule has 5 heteroatoms. The van der Waals surface area contributed by atoms with E-state index in [0.717, 1.165) is 12.8 Å². The van der Waals surface area contributed by atoms with Gasteiger partial charge in [-0.15, -0.1) is 0 Å². The van der Waals surface area contributed by atoms with Crippen LogP contribution in [0.15, 0.2) is 12.7 Å². The molecule has 5 nitrogen and oxygen atoms in total. The van der Waals surface area contributed by atoms with Gasteiger partial charge in [0.1, 0.15) is 6.61 Å². The molecule has 1 N–H and O–H groups in total. The van der Waals surface area contributed by atoms with Crippen LogP contribution in [0.1, 0.15) is 25.7 Å². The third-order valence-corrected chi connectivity index (χ3v) is 3.74. The molecule has 1 heterocycles. The maximum absolute atomic E-state index is 11.8. The Morgan fingerprint density at radius 2 is 2.24 bits per heavy atom. The second-order valence-electron chi connectivity index (χ2n) is 4.79. The maximum atomic E-state index is 11.8. The van der Waals surface area contributed by atoms with Gasteiger partial charge < -0.3 is 14.7 Å². The molecule has 17 heavy (non-hydrogen) atoms. The fourth-order valence-electron chi connectivity index (χ4n) is 2.89. The van der Waals surface area contributed by atoms with Crippen LogP contribution >= 0.6 is 0 Å². The van der Waals surface area contributed by atoms with Gasteiger partial charge >= 0.3 is 12.1 Å². The van der Waals surface area contributed by atoms with E-state index in [1.54, 1.807) is 4.90 Å². The van der Waals surface area contributed by atoms with Gasteiger partial charge in [0.25, 0.3) is 0 Å². The number of carbonyl (C=O) groups is 2. The van der Waals surface area contributed by atoms with Crippen LogP contribution in [0.5, 0.6) is 0 Å². The Kier molecular flexibility index (Phi) is 3.09. The van der Waals surface area contributed by atoms with Crippen LogP contribution in [-0.4, -0.2) is 40.8 Å². The number of carboxylic acids is 1. The van der Waals surface area contributed by atoms with Crippen LogP contribution in [0, 0.1) is 5.92 Å². The van der Waals surface area contributed by atoms with Crippen molar-refractivity contribution in [2.45, 2.75) is 31.2 Å². The Morgan fingerprint density at radius 1 is 1.53 bits per heavy atom. The van der Waals surface area contributed by atoms with Crippen molar-refractivity contribution in [2.75, 3.05) is 13.2 Å². The summed E-state index contributed by atoms with van der Waals surface area (Å²) in [6.45, 7) is 4.36. The predicted molar refractivity (Wildman–Crippen MR) is 60.6 cm³/mol. The van der Waals surface area contributed by atoms with Crippen molar-refractivity contribution in [1.82, 2.24) is 4.90 Å². The standard InChI is InChI=1S/C12H17NO4/c1-2-6-17-11(16)13-5-3-4-12(13)7-9(8-12)10(14)15/h2,9H,1,3-8H2,(H,14,15). The molecule has 1 aliphatic heterocycles. The number of ether oxygens (including phenoxy) is 1.